The second kappa shape index (κ2) is 11.2. The van der Waals surface area contributed by atoms with E-state index < -0.39 is 22.7 Å². The van der Waals surface area contributed by atoms with Gasteiger partial charge in [0, 0.05) is 49.7 Å². The maximum Gasteiger partial charge on any atom is 0.306 e. The number of aliphatic hydroxyl groups excluding tert-OH is 2. The fraction of sp³-hybridized carbons (Fsp3) is 0.929. The predicted octanol–water partition coefficient (Wildman–Crippen LogP) is 4.64. The van der Waals surface area contributed by atoms with Crippen LogP contribution in [0.3, 0.4) is 0 Å². The fourth-order valence-electron chi connectivity index (χ4n) is 5.63. The molecule has 2 heterocycles. The predicted molar refractivity (Wildman–Crippen MR) is 150 cm³/mol. The molecule has 4 aliphatic rings. The number of hydrogen-bond donors (Lipinski definition) is 2. The lowest BCUT2D eigenvalue weighted by atomic mass is 9.93. The van der Waals surface area contributed by atoms with Crippen LogP contribution in [0.1, 0.15) is 67.2 Å². The summed E-state index contributed by atoms with van der Waals surface area (Å²) in [6.45, 7) is 23.4. The zero-order valence-corrected chi connectivity index (χ0v) is 27.2. The minimum absolute atomic E-state index is 0.0188. The highest BCUT2D eigenvalue weighted by molar-refractivity contribution is 6.74. The third-order valence-electron chi connectivity index (χ3n) is 10.2. The average molecular weight is 573 g/mol. The molecular weight excluding hydrogens is 520 g/mol. The van der Waals surface area contributed by atoms with Gasteiger partial charge in [-0.3, -0.25) is 9.59 Å². The van der Waals surface area contributed by atoms with Crippen LogP contribution in [0.4, 0.5) is 0 Å². The molecule has 220 valence electrons. The number of aliphatic hydroxyl groups is 2. The normalized spacial score (nSPS) is 35.4. The molecule has 0 bridgehead atoms. The van der Waals surface area contributed by atoms with E-state index in [0.717, 1.165) is 6.42 Å². The Morgan fingerprint density at radius 2 is 1.29 bits per heavy atom. The number of carbonyl (C=O) groups excluding carboxylic acids is 2. The van der Waals surface area contributed by atoms with Gasteiger partial charge in [-0.2, -0.15) is 0 Å². The van der Waals surface area contributed by atoms with E-state index in [-0.39, 0.29) is 70.6 Å². The Bertz CT molecular complexity index is 862. The molecular formula is C28H52O8Si2. The fourth-order valence-corrected chi connectivity index (χ4v) is 8.06. The minimum atomic E-state index is -1.87. The van der Waals surface area contributed by atoms with Crippen LogP contribution in [0.2, 0.25) is 36.3 Å². The van der Waals surface area contributed by atoms with Gasteiger partial charge >= 0.3 is 11.9 Å². The van der Waals surface area contributed by atoms with Crippen LogP contribution in [0, 0.1) is 23.7 Å². The molecule has 0 unspecified atom stereocenters. The molecule has 0 aromatic rings. The van der Waals surface area contributed by atoms with Crippen molar-refractivity contribution >= 4 is 28.6 Å². The first-order valence-electron chi connectivity index (χ1n) is 14.3. The number of esters is 2. The summed E-state index contributed by atoms with van der Waals surface area (Å²) < 4.78 is 23.9. The number of fused-ring (bicyclic) bond motifs is 2. The number of carbonyl (C=O) groups is 2. The summed E-state index contributed by atoms with van der Waals surface area (Å²) in [5, 5.41) is 18.7. The van der Waals surface area contributed by atoms with Gasteiger partial charge in [0.05, 0.1) is 25.0 Å². The first-order chi connectivity index (χ1) is 17.3. The highest BCUT2D eigenvalue weighted by atomic mass is 28.4. The van der Waals surface area contributed by atoms with Gasteiger partial charge in [0.15, 0.2) is 16.6 Å². The molecule has 8 nitrogen and oxygen atoms in total. The summed E-state index contributed by atoms with van der Waals surface area (Å²) in [5.41, 5.74) is 0. The monoisotopic (exact) mass is 572 g/mol. The van der Waals surface area contributed by atoms with Crippen molar-refractivity contribution in [3.05, 3.63) is 0 Å². The highest BCUT2D eigenvalue weighted by Gasteiger charge is 2.54. The first kappa shape index (κ1) is 31.7. The summed E-state index contributed by atoms with van der Waals surface area (Å²) in [4.78, 5) is 22.7. The lowest BCUT2D eigenvalue weighted by Crippen LogP contribution is -2.47. The Morgan fingerprint density at radius 1 is 0.816 bits per heavy atom. The van der Waals surface area contributed by atoms with E-state index in [0.29, 0.717) is 25.9 Å². The van der Waals surface area contributed by atoms with Gasteiger partial charge in [-0.25, -0.2) is 0 Å². The Hall–Kier alpha value is -0.786. The van der Waals surface area contributed by atoms with Crippen molar-refractivity contribution in [2.45, 2.75) is 128 Å². The number of ether oxygens (including phenoxy) is 2. The summed E-state index contributed by atoms with van der Waals surface area (Å²) in [7, 11) is -3.70. The lowest BCUT2D eigenvalue weighted by molar-refractivity contribution is -0.142. The van der Waals surface area contributed by atoms with Crippen molar-refractivity contribution in [2.75, 3.05) is 13.2 Å². The standard InChI is InChI=1S/C20H40O4Si2.C8H12O4/c1-19(2,3)25(7,8)22-13-15-14-11-18(21)23-16(14)12-17(15)24-26(9,10)20(4,5)6;9-3-5-4-1-8(11)12-7(4)2-6(5)10/h14-17H,11-13H2,1-10H3;4-7,9-10H,1-3H2/t14-,15-,16+,17-;4-,5-,6-,7+/m11/s1. The maximum absolute atomic E-state index is 11.8. The molecule has 0 spiro atoms. The van der Waals surface area contributed by atoms with Gasteiger partial charge < -0.3 is 28.5 Å². The zero-order chi connectivity index (χ0) is 28.8. The van der Waals surface area contributed by atoms with Crippen LogP contribution < -0.4 is 0 Å². The van der Waals surface area contributed by atoms with E-state index in [4.69, 9.17) is 23.4 Å². The number of rotatable bonds is 6. The molecule has 2 saturated carbocycles. The van der Waals surface area contributed by atoms with E-state index in [9.17, 15) is 14.7 Å². The molecule has 2 N–H and O–H groups in total. The van der Waals surface area contributed by atoms with Gasteiger partial charge in [-0.05, 0) is 36.3 Å². The molecule has 0 aromatic heterocycles. The Morgan fingerprint density at radius 3 is 1.76 bits per heavy atom. The molecule has 2 saturated heterocycles. The van der Waals surface area contributed by atoms with Gasteiger partial charge in [-0.15, -0.1) is 0 Å². The first-order valence-corrected chi connectivity index (χ1v) is 20.1. The maximum atomic E-state index is 11.8. The third kappa shape index (κ3) is 6.74. The van der Waals surface area contributed by atoms with Crippen LogP contribution in [-0.4, -0.2) is 76.4 Å². The highest BCUT2D eigenvalue weighted by Crippen LogP contribution is 2.48. The summed E-state index contributed by atoms with van der Waals surface area (Å²) in [6.07, 6.45) is 1.70. The van der Waals surface area contributed by atoms with Crippen LogP contribution in [0.25, 0.3) is 0 Å². The molecule has 0 amide bonds. The molecule has 10 heteroatoms. The van der Waals surface area contributed by atoms with Crippen molar-refractivity contribution < 1.29 is 38.1 Å². The van der Waals surface area contributed by atoms with Crippen molar-refractivity contribution in [1.29, 1.82) is 0 Å². The van der Waals surface area contributed by atoms with Gasteiger partial charge in [0.1, 0.15) is 12.2 Å². The van der Waals surface area contributed by atoms with Gasteiger partial charge in [-0.1, -0.05) is 41.5 Å². The summed E-state index contributed by atoms with van der Waals surface area (Å²) in [5.74, 6) is 0.133. The smallest absolute Gasteiger partial charge is 0.306 e. The van der Waals surface area contributed by atoms with E-state index >= 15 is 0 Å². The molecule has 0 aromatic carbocycles. The van der Waals surface area contributed by atoms with Crippen molar-refractivity contribution in [3.8, 4) is 0 Å². The second-order valence-corrected chi connectivity index (χ2v) is 24.4. The third-order valence-corrected chi connectivity index (χ3v) is 19.2. The van der Waals surface area contributed by atoms with E-state index in [1.165, 1.54) is 0 Å². The van der Waals surface area contributed by atoms with Crippen LogP contribution in [0.5, 0.6) is 0 Å². The molecule has 2 aliphatic heterocycles. The van der Waals surface area contributed by atoms with Gasteiger partial charge in [0.2, 0.25) is 0 Å². The Labute approximate surface area is 231 Å². The van der Waals surface area contributed by atoms with Crippen LogP contribution in [-0.2, 0) is 27.9 Å². The zero-order valence-electron chi connectivity index (χ0n) is 25.2. The average Bonchev–Trinajstić information content (AvgIpc) is 3.43. The minimum Gasteiger partial charge on any atom is -0.462 e. The molecule has 2 aliphatic carbocycles. The van der Waals surface area contributed by atoms with Crippen molar-refractivity contribution in [1.82, 2.24) is 0 Å². The van der Waals surface area contributed by atoms with Crippen LogP contribution >= 0.6 is 0 Å². The largest absolute Gasteiger partial charge is 0.462 e. The molecule has 4 fully saturated rings. The number of hydrogen-bond acceptors (Lipinski definition) is 8. The molecule has 0 radical (unpaired) electrons. The Balaban J connectivity index is 0.000000275. The van der Waals surface area contributed by atoms with Crippen molar-refractivity contribution in [3.63, 3.8) is 0 Å². The van der Waals surface area contributed by atoms with Crippen molar-refractivity contribution in [2.24, 2.45) is 23.7 Å². The van der Waals surface area contributed by atoms with E-state index in [2.05, 4.69) is 67.7 Å². The van der Waals surface area contributed by atoms with E-state index in [1.807, 2.05) is 0 Å². The molecule has 38 heavy (non-hydrogen) atoms. The SMILES string of the molecule is CC(C)(C)[Si](C)(C)OC[C@@H]1[C@H]2CC(=O)O[C@H]2C[C@H]1O[Si](C)(C)C(C)(C)C.O=C1C[C@@H]2[C@@H](CO)[C@H](O)C[C@@H]2O1. The lowest BCUT2D eigenvalue weighted by Gasteiger charge is -2.41. The summed E-state index contributed by atoms with van der Waals surface area (Å²) in [6, 6.07) is 0. The quantitative estimate of drug-likeness (QED) is 0.350. The second-order valence-electron chi connectivity index (χ2n) is 14.8. The molecule has 4 rings (SSSR count). The Kier molecular flexibility index (Phi) is 9.39. The topological polar surface area (TPSA) is 112 Å². The summed E-state index contributed by atoms with van der Waals surface area (Å²) >= 11 is 0. The van der Waals surface area contributed by atoms with Gasteiger partial charge in [0.25, 0.3) is 0 Å². The molecule has 8 atom stereocenters. The van der Waals surface area contributed by atoms with Crippen LogP contribution in [0.15, 0.2) is 0 Å². The van der Waals surface area contributed by atoms with E-state index in [1.54, 1.807) is 0 Å².